The predicted molar refractivity (Wildman–Crippen MR) is 165 cm³/mol. The van der Waals surface area contributed by atoms with E-state index in [2.05, 4.69) is 16.4 Å². The third-order valence-electron chi connectivity index (χ3n) is 8.28. The zero-order valence-electron chi connectivity index (χ0n) is 27.4. The number of hydrogen-bond acceptors (Lipinski definition) is 4. The first-order chi connectivity index (χ1) is 24.6. The summed E-state index contributed by atoms with van der Waals surface area (Å²) in [6, 6.07) is 8.08. The Balaban J connectivity index is 1.23. The quantitative estimate of drug-likeness (QED) is 0.0731. The highest BCUT2D eigenvalue weighted by Gasteiger charge is 2.42. The van der Waals surface area contributed by atoms with Crippen LogP contribution < -0.4 is 9.47 Å². The summed E-state index contributed by atoms with van der Waals surface area (Å²) >= 11 is 0. The topological polar surface area (TPSA) is 36.9 Å². The van der Waals surface area contributed by atoms with Gasteiger partial charge in [-0.1, -0.05) is 50.5 Å². The normalized spacial score (nSPS) is 16.6. The van der Waals surface area contributed by atoms with Crippen LogP contribution in [-0.4, -0.2) is 19.3 Å². The van der Waals surface area contributed by atoms with Crippen molar-refractivity contribution in [2.24, 2.45) is 5.92 Å². The van der Waals surface area contributed by atoms with Crippen molar-refractivity contribution in [3.63, 3.8) is 0 Å². The Morgan fingerprint density at radius 3 is 1.75 bits per heavy atom. The lowest BCUT2D eigenvalue weighted by Gasteiger charge is -2.29. The Hall–Kier alpha value is -4.37. The van der Waals surface area contributed by atoms with Crippen LogP contribution >= 0.6 is 0 Å². The van der Waals surface area contributed by atoms with Gasteiger partial charge < -0.3 is 18.9 Å². The van der Waals surface area contributed by atoms with Crippen molar-refractivity contribution < 1.29 is 67.2 Å². The highest BCUT2D eigenvalue weighted by Crippen LogP contribution is 2.39. The second-order valence-corrected chi connectivity index (χ2v) is 12.2. The van der Waals surface area contributed by atoms with Crippen LogP contribution in [0.15, 0.2) is 60.7 Å². The second kappa shape index (κ2) is 16.1. The minimum absolute atomic E-state index is 0.112. The maximum absolute atomic E-state index is 15.1. The van der Waals surface area contributed by atoms with Gasteiger partial charge in [-0.2, -0.15) is 17.6 Å². The average Bonchev–Trinajstić information content (AvgIpc) is 3.06. The van der Waals surface area contributed by atoms with Gasteiger partial charge in [0.2, 0.25) is 0 Å². The van der Waals surface area contributed by atoms with Crippen LogP contribution in [0.5, 0.6) is 11.5 Å². The van der Waals surface area contributed by atoms with E-state index in [9.17, 15) is 30.7 Å². The second-order valence-electron chi connectivity index (χ2n) is 12.2. The fourth-order valence-corrected chi connectivity index (χ4v) is 5.60. The molecule has 52 heavy (non-hydrogen) atoms. The molecule has 0 saturated carbocycles. The standard InChI is InChI=1S/C37H31F11O4/c1-2-3-4-5-20-18-49-35(50-19-20)22-8-6-21(7-9-22)23-12-29(40)33(30(41)13-23)37(47,48)52-25-14-27(38)26(28(39)15-25)10-11-36(45,46)51-24-16-31(42)34(44)32(43)17-24/h6-9,12-17,20,35H,2-5,10-11,18-19H2,1H3. The number of halogens is 11. The number of alkyl halides is 4. The van der Waals surface area contributed by atoms with Gasteiger partial charge in [0.25, 0.3) is 0 Å². The van der Waals surface area contributed by atoms with Crippen LogP contribution in [0, 0.1) is 46.6 Å². The molecule has 280 valence electrons. The Labute approximate surface area is 291 Å². The van der Waals surface area contributed by atoms with Gasteiger partial charge in [-0.05, 0) is 36.1 Å². The smallest absolute Gasteiger partial charge is 0.432 e. The molecular formula is C37H31F11O4. The van der Waals surface area contributed by atoms with E-state index >= 15 is 17.6 Å². The maximum atomic E-state index is 15.1. The molecule has 0 unspecified atom stereocenters. The fourth-order valence-electron chi connectivity index (χ4n) is 5.60. The number of ether oxygens (including phenoxy) is 4. The molecule has 0 atom stereocenters. The third-order valence-corrected chi connectivity index (χ3v) is 8.28. The van der Waals surface area contributed by atoms with Crippen molar-refractivity contribution in [3.05, 3.63) is 118 Å². The van der Waals surface area contributed by atoms with Crippen LogP contribution in [0.4, 0.5) is 48.3 Å². The minimum atomic E-state index is -4.80. The van der Waals surface area contributed by atoms with Gasteiger partial charge >= 0.3 is 12.2 Å². The van der Waals surface area contributed by atoms with Crippen LogP contribution in [0.2, 0.25) is 0 Å². The third kappa shape index (κ3) is 9.34. The minimum Gasteiger partial charge on any atom is -0.432 e. The molecule has 4 aromatic rings. The molecule has 1 heterocycles. The summed E-state index contributed by atoms with van der Waals surface area (Å²) in [6.45, 7) is 3.13. The molecule has 4 nitrogen and oxygen atoms in total. The van der Waals surface area contributed by atoms with E-state index < -0.39 is 94.7 Å². The summed E-state index contributed by atoms with van der Waals surface area (Å²) in [7, 11) is 0. The summed E-state index contributed by atoms with van der Waals surface area (Å²) in [5, 5.41) is 0. The molecule has 4 aromatic carbocycles. The zero-order chi connectivity index (χ0) is 37.8. The summed E-state index contributed by atoms with van der Waals surface area (Å²) in [5.74, 6) is -14.4. The highest BCUT2D eigenvalue weighted by molar-refractivity contribution is 5.64. The summed E-state index contributed by atoms with van der Waals surface area (Å²) in [5.41, 5.74) is -2.12. The van der Waals surface area contributed by atoms with Gasteiger partial charge in [-0.3, -0.25) is 0 Å². The Morgan fingerprint density at radius 2 is 1.19 bits per heavy atom. The molecule has 0 amide bonds. The summed E-state index contributed by atoms with van der Waals surface area (Å²) in [4.78, 5) is 0. The van der Waals surface area contributed by atoms with E-state index in [0.717, 1.165) is 25.7 Å². The van der Waals surface area contributed by atoms with E-state index in [1.54, 1.807) is 12.1 Å². The maximum Gasteiger partial charge on any atom is 0.432 e. The van der Waals surface area contributed by atoms with Crippen LogP contribution in [0.3, 0.4) is 0 Å². The van der Waals surface area contributed by atoms with Crippen molar-refractivity contribution in [2.45, 2.75) is 64.0 Å². The Bertz CT molecular complexity index is 1790. The Kier molecular flexibility index (Phi) is 12.0. The summed E-state index contributed by atoms with van der Waals surface area (Å²) in [6.07, 6.45) is -8.06. The van der Waals surface area contributed by atoms with Crippen molar-refractivity contribution in [3.8, 4) is 22.6 Å². The van der Waals surface area contributed by atoms with E-state index in [1.165, 1.54) is 12.1 Å². The van der Waals surface area contributed by atoms with Gasteiger partial charge in [-0.25, -0.2) is 30.7 Å². The van der Waals surface area contributed by atoms with Crippen molar-refractivity contribution in [2.75, 3.05) is 13.2 Å². The van der Waals surface area contributed by atoms with Gasteiger partial charge in [0, 0.05) is 41.3 Å². The molecule has 0 aliphatic carbocycles. The molecule has 15 heteroatoms. The summed E-state index contributed by atoms with van der Waals surface area (Å²) < 4.78 is 178. The van der Waals surface area contributed by atoms with Crippen molar-refractivity contribution in [1.29, 1.82) is 0 Å². The molecule has 0 spiro atoms. The first kappa shape index (κ1) is 38.9. The van der Waals surface area contributed by atoms with Crippen LogP contribution in [-0.2, 0) is 22.0 Å². The molecule has 5 rings (SSSR count). The molecule has 1 fully saturated rings. The first-order valence-electron chi connectivity index (χ1n) is 16.2. The molecule has 1 aliphatic heterocycles. The van der Waals surface area contributed by atoms with E-state index in [4.69, 9.17) is 9.47 Å². The molecule has 0 aromatic heterocycles. The average molecular weight is 749 g/mol. The van der Waals surface area contributed by atoms with Gasteiger partial charge in [0.1, 0.15) is 40.3 Å². The van der Waals surface area contributed by atoms with Crippen molar-refractivity contribution in [1.82, 2.24) is 0 Å². The Morgan fingerprint density at radius 1 is 0.654 bits per heavy atom. The number of unbranched alkanes of at least 4 members (excludes halogenated alkanes) is 2. The molecule has 0 radical (unpaired) electrons. The molecule has 1 aliphatic rings. The monoisotopic (exact) mass is 748 g/mol. The van der Waals surface area contributed by atoms with Gasteiger partial charge in [-0.15, -0.1) is 0 Å². The lowest BCUT2D eigenvalue weighted by molar-refractivity contribution is -0.206. The van der Waals surface area contributed by atoms with E-state index in [0.29, 0.717) is 30.9 Å². The van der Waals surface area contributed by atoms with Gasteiger partial charge in [0.15, 0.2) is 23.7 Å². The number of benzene rings is 4. The molecule has 0 N–H and O–H groups in total. The zero-order valence-corrected chi connectivity index (χ0v) is 27.4. The van der Waals surface area contributed by atoms with E-state index in [1.807, 2.05) is 0 Å². The SMILES string of the molecule is CCCCCC1COC(c2ccc(-c3cc(F)c(C(F)(F)Oc4cc(F)c(CCC(F)(F)Oc5cc(F)c(F)c(F)c5)c(F)c4)c(F)c3)cc2)OC1. The first-order valence-corrected chi connectivity index (χ1v) is 16.2. The lowest BCUT2D eigenvalue weighted by atomic mass is 10.00. The largest absolute Gasteiger partial charge is 0.432 e. The van der Waals surface area contributed by atoms with Crippen molar-refractivity contribution >= 4 is 0 Å². The fraction of sp³-hybridized carbons (Fsp3) is 0.351. The number of rotatable bonds is 14. The molecule has 1 saturated heterocycles. The predicted octanol–water partition coefficient (Wildman–Crippen LogP) is 11.3. The van der Waals surface area contributed by atoms with Crippen LogP contribution in [0.1, 0.15) is 62.0 Å². The van der Waals surface area contributed by atoms with E-state index in [-0.39, 0.29) is 41.3 Å². The number of hydrogen-bond donors (Lipinski definition) is 0. The highest BCUT2D eigenvalue weighted by atomic mass is 19.3. The lowest BCUT2D eigenvalue weighted by Crippen LogP contribution is -2.27. The molecule has 0 bridgehead atoms. The van der Waals surface area contributed by atoms with Crippen LogP contribution in [0.25, 0.3) is 11.1 Å². The molecular weight excluding hydrogens is 717 g/mol. The van der Waals surface area contributed by atoms with Gasteiger partial charge in [0.05, 0.1) is 19.6 Å².